The third-order valence-corrected chi connectivity index (χ3v) is 3.56. The topological polar surface area (TPSA) is 20.3 Å². The van der Waals surface area contributed by atoms with Gasteiger partial charge in [0.1, 0.15) is 0 Å². The summed E-state index contributed by atoms with van der Waals surface area (Å²) in [5.41, 5.74) is 0. The molecule has 1 aliphatic carbocycles. The molecule has 0 unspecified atom stereocenters. The van der Waals surface area contributed by atoms with Gasteiger partial charge in [-0.3, -0.25) is 4.79 Å². The van der Waals surface area contributed by atoms with Crippen molar-refractivity contribution in [3.8, 4) is 0 Å². The summed E-state index contributed by atoms with van der Waals surface area (Å²) in [6, 6.07) is 0.401. The lowest BCUT2D eigenvalue weighted by Crippen LogP contribution is -2.33. The fraction of sp³-hybridized carbons (Fsp3) is 0.909. The van der Waals surface area contributed by atoms with E-state index in [0.717, 1.165) is 13.0 Å². The minimum Gasteiger partial charge on any atom is -0.340 e. The standard InChI is InChI=1S/C11H19NO/c1-8(2)12-7-9-5-3-4-6-10(9)11(12)13/h8-10H,3-7H2,1-2H3/t9-,10+/m1/s1. The molecule has 0 spiro atoms. The first-order chi connectivity index (χ1) is 6.20. The van der Waals surface area contributed by atoms with Crippen LogP contribution in [0.4, 0.5) is 0 Å². The molecule has 0 radical (unpaired) electrons. The molecule has 0 aromatic heterocycles. The van der Waals surface area contributed by atoms with Crippen LogP contribution in [0, 0.1) is 11.8 Å². The van der Waals surface area contributed by atoms with Gasteiger partial charge in [0.15, 0.2) is 0 Å². The van der Waals surface area contributed by atoms with E-state index in [2.05, 4.69) is 18.7 Å². The molecular weight excluding hydrogens is 162 g/mol. The van der Waals surface area contributed by atoms with Gasteiger partial charge in [-0.05, 0) is 32.6 Å². The van der Waals surface area contributed by atoms with E-state index in [-0.39, 0.29) is 0 Å². The number of carbonyl (C=O) groups excluding carboxylic acids is 1. The van der Waals surface area contributed by atoms with Crippen molar-refractivity contribution >= 4 is 5.91 Å². The molecule has 1 saturated heterocycles. The Balaban J connectivity index is 2.09. The average molecular weight is 181 g/mol. The second kappa shape index (κ2) is 3.32. The minimum atomic E-state index is 0.385. The summed E-state index contributed by atoms with van der Waals surface area (Å²) >= 11 is 0. The molecule has 0 aromatic rings. The van der Waals surface area contributed by atoms with Crippen LogP contribution in [0.3, 0.4) is 0 Å². The van der Waals surface area contributed by atoms with Crippen LogP contribution in [0.15, 0.2) is 0 Å². The minimum absolute atomic E-state index is 0.385. The summed E-state index contributed by atoms with van der Waals surface area (Å²) in [6.07, 6.45) is 5.02. The molecule has 13 heavy (non-hydrogen) atoms. The largest absolute Gasteiger partial charge is 0.340 e. The van der Waals surface area contributed by atoms with Crippen molar-refractivity contribution in [1.29, 1.82) is 0 Å². The number of amides is 1. The Morgan fingerprint density at radius 1 is 1.31 bits per heavy atom. The van der Waals surface area contributed by atoms with Gasteiger partial charge in [0.25, 0.3) is 0 Å². The summed E-state index contributed by atoms with van der Waals surface area (Å²) in [6.45, 7) is 5.27. The predicted molar refractivity (Wildman–Crippen MR) is 52.3 cm³/mol. The molecule has 2 rings (SSSR count). The van der Waals surface area contributed by atoms with E-state index in [4.69, 9.17) is 0 Å². The zero-order chi connectivity index (χ0) is 9.42. The van der Waals surface area contributed by atoms with E-state index in [1.54, 1.807) is 0 Å². The van der Waals surface area contributed by atoms with Crippen LogP contribution < -0.4 is 0 Å². The quantitative estimate of drug-likeness (QED) is 0.606. The number of rotatable bonds is 1. The van der Waals surface area contributed by atoms with Gasteiger partial charge in [-0.1, -0.05) is 12.8 Å². The van der Waals surface area contributed by atoms with Gasteiger partial charge < -0.3 is 4.90 Å². The summed E-state index contributed by atoms with van der Waals surface area (Å²) in [7, 11) is 0. The highest BCUT2D eigenvalue weighted by atomic mass is 16.2. The molecule has 0 N–H and O–H groups in total. The molecule has 2 nitrogen and oxygen atoms in total. The van der Waals surface area contributed by atoms with Crippen LogP contribution in [0.1, 0.15) is 39.5 Å². The summed E-state index contributed by atoms with van der Waals surface area (Å²) in [4.78, 5) is 14.0. The number of hydrogen-bond acceptors (Lipinski definition) is 1. The number of hydrogen-bond donors (Lipinski definition) is 0. The summed E-state index contributed by atoms with van der Waals surface area (Å²) in [5, 5.41) is 0. The molecule has 1 aliphatic heterocycles. The van der Waals surface area contributed by atoms with E-state index in [1.165, 1.54) is 19.3 Å². The van der Waals surface area contributed by atoms with Gasteiger partial charge in [-0.15, -0.1) is 0 Å². The van der Waals surface area contributed by atoms with Crippen LogP contribution in [0.2, 0.25) is 0 Å². The second-order valence-electron chi connectivity index (χ2n) is 4.74. The van der Waals surface area contributed by atoms with Crippen molar-refractivity contribution < 1.29 is 4.79 Å². The Morgan fingerprint density at radius 3 is 2.62 bits per heavy atom. The van der Waals surface area contributed by atoms with Gasteiger partial charge >= 0.3 is 0 Å². The van der Waals surface area contributed by atoms with Crippen molar-refractivity contribution in [2.24, 2.45) is 11.8 Å². The van der Waals surface area contributed by atoms with E-state index in [9.17, 15) is 4.79 Å². The zero-order valence-corrected chi connectivity index (χ0v) is 8.62. The SMILES string of the molecule is CC(C)N1C[C@H]2CCCC[C@@H]2C1=O. The highest BCUT2D eigenvalue weighted by Gasteiger charge is 2.41. The smallest absolute Gasteiger partial charge is 0.226 e. The summed E-state index contributed by atoms with van der Waals surface area (Å²) in [5.74, 6) is 1.50. The third-order valence-electron chi connectivity index (χ3n) is 3.56. The van der Waals surface area contributed by atoms with E-state index in [0.29, 0.717) is 23.8 Å². The van der Waals surface area contributed by atoms with Gasteiger partial charge in [0.05, 0.1) is 0 Å². The Hall–Kier alpha value is -0.530. The molecule has 74 valence electrons. The molecule has 1 heterocycles. The summed E-state index contributed by atoms with van der Waals surface area (Å²) < 4.78 is 0. The van der Waals surface area contributed by atoms with E-state index >= 15 is 0 Å². The molecule has 0 aromatic carbocycles. The first kappa shape index (κ1) is 9.04. The van der Waals surface area contributed by atoms with Crippen LogP contribution in [0.5, 0.6) is 0 Å². The maximum atomic E-state index is 11.9. The van der Waals surface area contributed by atoms with Crippen LogP contribution >= 0.6 is 0 Å². The van der Waals surface area contributed by atoms with E-state index in [1.807, 2.05) is 0 Å². The average Bonchev–Trinajstić information content (AvgIpc) is 2.45. The monoisotopic (exact) mass is 181 g/mol. The van der Waals surface area contributed by atoms with Gasteiger partial charge in [0.2, 0.25) is 5.91 Å². The maximum Gasteiger partial charge on any atom is 0.226 e. The third kappa shape index (κ3) is 1.47. The number of likely N-dealkylation sites (tertiary alicyclic amines) is 1. The molecule has 2 aliphatic rings. The Labute approximate surface area is 80.3 Å². The molecule has 1 saturated carbocycles. The van der Waals surface area contributed by atoms with Crippen LogP contribution in [-0.2, 0) is 4.79 Å². The van der Waals surface area contributed by atoms with Gasteiger partial charge in [-0.25, -0.2) is 0 Å². The van der Waals surface area contributed by atoms with Crippen LogP contribution in [-0.4, -0.2) is 23.4 Å². The van der Waals surface area contributed by atoms with Crippen molar-refractivity contribution in [3.05, 3.63) is 0 Å². The Kier molecular flexibility index (Phi) is 2.31. The lowest BCUT2D eigenvalue weighted by Gasteiger charge is -2.21. The zero-order valence-electron chi connectivity index (χ0n) is 8.62. The maximum absolute atomic E-state index is 11.9. The molecular formula is C11H19NO. The van der Waals surface area contributed by atoms with Crippen molar-refractivity contribution in [3.63, 3.8) is 0 Å². The molecule has 2 fully saturated rings. The fourth-order valence-corrected chi connectivity index (χ4v) is 2.77. The fourth-order valence-electron chi connectivity index (χ4n) is 2.77. The highest BCUT2D eigenvalue weighted by molar-refractivity contribution is 5.81. The lowest BCUT2D eigenvalue weighted by molar-refractivity contribution is -0.132. The number of nitrogens with zero attached hydrogens (tertiary/aromatic N) is 1. The van der Waals surface area contributed by atoms with E-state index < -0.39 is 0 Å². The van der Waals surface area contributed by atoms with Gasteiger partial charge in [0, 0.05) is 18.5 Å². The molecule has 0 bridgehead atoms. The van der Waals surface area contributed by atoms with Crippen molar-refractivity contribution in [1.82, 2.24) is 4.90 Å². The van der Waals surface area contributed by atoms with Crippen LogP contribution in [0.25, 0.3) is 0 Å². The Morgan fingerprint density at radius 2 is 2.00 bits per heavy atom. The molecule has 1 amide bonds. The van der Waals surface area contributed by atoms with Crippen molar-refractivity contribution in [2.45, 2.75) is 45.6 Å². The normalized spacial score (nSPS) is 34.1. The highest BCUT2D eigenvalue weighted by Crippen LogP contribution is 2.37. The second-order valence-corrected chi connectivity index (χ2v) is 4.74. The lowest BCUT2D eigenvalue weighted by atomic mass is 9.81. The number of carbonyl (C=O) groups is 1. The predicted octanol–water partition coefficient (Wildman–Crippen LogP) is 2.04. The van der Waals surface area contributed by atoms with Crippen molar-refractivity contribution in [2.75, 3.05) is 6.54 Å². The molecule has 2 heteroatoms. The Bertz CT molecular complexity index is 208. The first-order valence-electron chi connectivity index (χ1n) is 5.50. The molecule has 2 atom stereocenters. The number of fused-ring (bicyclic) bond motifs is 1. The van der Waals surface area contributed by atoms with Gasteiger partial charge in [-0.2, -0.15) is 0 Å². The first-order valence-corrected chi connectivity index (χ1v) is 5.50.